The number of aromatic nitrogens is 1. The molecule has 0 aliphatic carbocycles. The third-order valence-electron chi connectivity index (χ3n) is 6.98. The van der Waals surface area contributed by atoms with Gasteiger partial charge in [0, 0.05) is 16.5 Å². The van der Waals surface area contributed by atoms with E-state index in [2.05, 4.69) is 54.8 Å². The molecule has 2 N–H and O–H groups in total. The second kappa shape index (κ2) is 11.7. The van der Waals surface area contributed by atoms with Gasteiger partial charge >= 0.3 is 7.12 Å². The molecule has 0 amide bonds. The van der Waals surface area contributed by atoms with Crippen LogP contribution in [0.1, 0.15) is 76.3 Å². The predicted molar refractivity (Wildman–Crippen MR) is 146 cm³/mol. The Bertz CT molecular complexity index is 1140. The zero-order valence-electron chi connectivity index (χ0n) is 20.8. The second-order valence-electron chi connectivity index (χ2n) is 9.62. The maximum absolute atomic E-state index is 9.51. The molecule has 3 aromatic carbocycles. The summed E-state index contributed by atoms with van der Waals surface area (Å²) in [7, 11) is -1.45. The molecule has 178 valence electrons. The highest BCUT2D eigenvalue weighted by Gasteiger charge is 2.15. The molecule has 0 radical (unpaired) electrons. The van der Waals surface area contributed by atoms with Crippen molar-refractivity contribution in [1.29, 1.82) is 0 Å². The van der Waals surface area contributed by atoms with Crippen molar-refractivity contribution in [3.8, 4) is 5.69 Å². The Balaban J connectivity index is 1.76. The number of hydrogen-bond acceptors (Lipinski definition) is 2. The lowest BCUT2D eigenvalue weighted by Gasteiger charge is -2.10. The fraction of sp³-hybridized carbons (Fsp3) is 0.400. The largest absolute Gasteiger partial charge is 0.488 e. The monoisotopic (exact) mass is 455 g/mol. The SMILES string of the molecule is CCCCCCc1ccc2c(c1)c1cc(CCCCCC)ccc1n2-c1ccc(B(O)O)cc1. The number of fused-ring (bicyclic) bond motifs is 3. The highest BCUT2D eigenvalue weighted by molar-refractivity contribution is 6.58. The normalized spacial score (nSPS) is 11.5. The summed E-state index contributed by atoms with van der Waals surface area (Å²) in [5.41, 5.74) is 6.77. The molecule has 3 nitrogen and oxygen atoms in total. The Morgan fingerprint density at radius 1 is 0.618 bits per heavy atom. The van der Waals surface area contributed by atoms with Crippen LogP contribution < -0.4 is 5.46 Å². The molecule has 1 heterocycles. The number of rotatable bonds is 12. The molecule has 0 unspecified atom stereocenters. The summed E-state index contributed by atoms with van der Waals surface area (Å²) in [6.45, 7) is 4.52. The van der Waals surface area contributed by atoms with E-state index < -0.39 is 7.12 Å². The van der Waals surface area contributed by atoms with Gasteiger partial charge in [0.2, 0.25) is 0 Å². The molecule has 0 aliphatic rings. The third-order valence-corrected chi connectivity index (χ3v) is 6.98. The van der Waals surface area contributed by atoms with Gasteiger partial charge in [-0.25, -0.2) is 0 Å². The van der Waals surface area contributed by atoms with E-state index >= 15 is 0 Å². The van der Waals surface area contributed by atoms with Gasteiger partial charge in [-0.05, 0) is 78.7 Å². The minimum atomic E-state index is -1.45. The quantitative estimate of drug-likeness (QED) is 0.184. The van der Waals surface area contributed by atoms with Crippen LogP contribution in [-0.4, -0.2) is 21.7 Å². The van der Waals surface area contributed by atoms with Gasteiger partial charge in [-0.15, -0.1) is 0 Å². The van der Waals surface area contributed by atoms with Gasteiger partial charge in [-0.1, -0.05) is 76.6 Å². The molecule has 4 aromatic rings. The first-order chi connectivity index (χ1) is 16.6. The smallest absolute Gasteiger partial charge is 0.423 e. The maximum Gasteiger partial charge on any atom is 0.488 e. The maximum atomic E-state index is 9.51. The van der Waals surface area contributed by atoms with Crippen LogP contribution in [0.25, 0.3) is 27.5 Å². The Kier molecular flexibility index (Phi) is 8.47. The van der Waals surface area contributed by atoms with Gasteiger partial charge in [-0.2, -0.15) is 0 Å². The van der Waals surface area contributed by atoms with Crippen LogP contribution in [-0.2, 0) is 12.8 Å². The molecular formula is C30H38BNO2. The first-order valence-electron chi connectivity index (χ1n) is 13.1. The first-order valence-corrected chi connectivity index (χ1v) is 13.1. The molecule has 0 saturated carbocycles. The summed E-state index contributed by atoms with van der Waals surface area (Å²) in [4.78, 5) is 0. The fourth-order valence-electron chi connectivity index (χ4n) is 5.01. The highest BCUT2D eigenvalue weighted by Crippen LogP contribution is 2.34. The lowest BCUT2D eigenvalue weighted by molar-refractivity contribution is 0.426. The van der Waals surface area contributed by atoms with Crippen LogP contribution in [0.5, 0.6) is 0 Å². The van der Waals surface area contributed by atoms with Crippen molar-refractivity contribution in [3.63, 3.8) is 0 Å². The molecule has 4 rings (SSSR count). The van der Waals surface area contributed by atoms with Gasteiger partial charge in [0.15, 0.2) is 0 Å². The van der Waals surface area contributed by atoms with E-state index in [0.717, 1.165) is 18.5 Å². The number of unbranched alkanes of at least 4 members (excludes halogenated alkanes) is 6. The van der Waals surface area contributed by atoms with Gasteiger partial charge in [0.05, 0.1) is 11.0 Å². The predicted octanol–water partition coefficient (Wildman–Crippen LogP) is 6.71. The topological polar surface area (TPSA) is 45.4 Å². The van der Waals surface area contributed by atoms with Crippen LogP contribution in [0.4, 0.5) is 0 Å². The lowest BCUT2D eigenvalue weighted by Crippen LogP contribution is -2.29. The molecule has 0 spiro atoms. The molecule has 0 aliphatic heterocycles. The Morgan fingerprint density at radius 2 is 1.12 bits per heavy atom. The average molecular weight is 455 g/mol. The molecule has 34 heavy (non-hydrogen) atoms. The second-order valence-corrected chi connectivity index (χ2v) is 9.62. The standard InChI is InChI=1S/C30H38BNO2/c1-3-5-7-9-11-23-13-19-29-27(21-23)28-22-24(12-10-8-6-4-2)14-20-30(28)32(29)26-17-15-25(16-18-26)31(33)34/h13-22,33-34H,3-12H2,1-2H3. The van der Waals surface area contributed by atoms with Crippen LogP contribution >= 0.6 is 0 Å². The minimum absolute atomic E-state index is 0.508. The molecule has 4 heteroatoms. The molecule has 0 bridgehead atoms. The Labute approximate surface area is 204 Å². The van der Waals surface area contributed by atoms with E-state index in [1.807, 2.05) is 12.1 Å². The van der Waals surface area contributed by atoms with E-state index in [-0.39, 0.29) is 0 Å². The molecular weight excluding hydrogens is 417 g/mol. The summed E-state index contributed by atoms with van der Waals surface area (Å²) in [6.07, 6.45) is 12.5. The van der Waals surface area contributed by atoms with E-state index in [1.54, 1.807) is 12.1 Å². The minimum Gasteiger partial charge on any atom is -0.423 e. The summed E-state index contributed by atoms with van der Waals surface area (Å²) < 4.78 is 2.31. The number of aryl methyl sites for hydroxylation is 2. The summed E-state index contributed by atoms with van der Waals surface area (Å²) >= 11 is 0. The van der Waals surface area contributed by atoms with E-state index in [9.17, 15) is 10.0 Å². The van der Waals surface area contributed by atoms with E-state index in [0.29, 0.717) is 5.46 Å². The molecule has 0 fully saturated rings. The van der Waals surface area contributed by atoms with Crippen LogP contribution in [0, 0.1) is 0 Å². The van der Waals surface area contributed by atoms with Gasteiger partial charge < -0.3 is 14.6 Å². The number of hydrogen-bond donors (Lipinski definition) is 2. The summed E-state index contributed by atoms with van der Waals surface area (Å²) in [5.74, 6) is 0. The average Bonchev–Trinajstić information content (AvgIpc) is 3.17. The van der Waals surface area contributed by atoms with Crippen LogP contribution in [0.2, 0.25) is 0 Å². The van der Waals surface area contributed by atoms with Crippen LogP contribution in [0.15, 0.2) is 60.7 Å². The van der Waals surface area contributed by atoms with Crippen molar-refractivity contribution in [2.75, 3.05) is 0 Å². The van der Waals surface area contributed by atoms with Gasteiger partial charge in [0.1, 0.15) is 0 Å². The van der Waals surface area contributed by atoms with Gasteiger partial charge in [0.25, 0.3) is 0 Å². The van der Waals surface area contributed by atoms with Crippen molar-refractivity contribution in [1.82, 2.24) is 4.57 Å². The van der Waals surface area contributed by atoms with E-state index in [4.69, 9.17) is 0 Å². The fourth-order valence-corrected chi connectivity index (χ4v) is 5.01. The molecule has 0 atom stereocenters. The zero-order valence-corrected chi connectivity index (χ0v) is 20.8. The summed E-state index contributed by atoms with van der Waals surface area (Å²) in [5, 5.41) is 21.6. The summed E-state index contributed by atoms with van der Waals surface area (Å²) in [6, 6.07) is 21.4. The lowest BCUT2D eigenvalue weighted by atomic mass is 9.80. The van der Waals surface area contributed by atoms with Gasteiger partial charge in [-0.3, -0.25) is 0 Å². The highest BCUT2D eigenvalue weighted by atomic mass is 16.4. The van der Waals surface area contributed by atoms with Crippen molar-refractivity contribution in [3.05, 3.63) is 71.8 Å². The molecule has 1 aromatic heterocycles. The number of nitrogens with zero attached hydrogens (tertiary/aromatic N) is 1. The van der Waals surface area contributed by atoms with E-state index in [1.165, 1.54) is 84.3 Å². The van der Waals surface area contributed by atoms with Crippen LogP contribution in [0.3, 0.4) is 0 Å². The van der Waals surface area contributed by atoms with Crippen molar-refractivity contribution < 1.29 is 10.0 Å². The first kappa shape index (κ1) is 24.6. The van der Waals surface area contributed by atoms with Crippen molar-refractivity contribution in [2.24, 2.45) is 0 Å². The third kappa shape index (κ3) is 5.56. The molecule has 0 saturated heterocycles. The Morgan fingerprint density at radius 3 is 1.56 bits per heavy atom. The number of benzene rings is 3. The Hall–Kier alpha value is -2.56. The zero-order chi connectivity index (χ0) is 23.9. The van der Waals surface area contributed by atoms with Crippen molar-refractivity contribution >= 4 is 34.4 Å². The van der Waals surface area contributed by atoms with Crippen molar-refractivity contribution in [2.45, 2.75) is 78.1 Å².